The molecule has 1 fully saturated rings. The van der Waals surface area contributed by atoms with E-state index in [1.165, 1.54) is 23.6 Å². The van der Waals surface area contributed by atoms with Gasteiger partial charge in [-0.25, -0.2) is 9.37 Å². The molecule has 2 aliphatic rings. The number of anilines is 1. The number of hydrogen-bond donors (Lipinski definition) is 0. The highest BCUT2D eigenvalue weighted by atomic mass is 19.1. The molecule has 1 aromatic carbocycles. The zero-order valence-corrected chi connectivity index (χ0v) is 17.5. The van der Waals surface area contributed by atoms with Crippen LogP contribution < -0.4 is 15.2 Å². The Bertz CT molecular complexity index is 1300. The van der Waals surface area contributed by atoms with Gasteiger partial charge in [0.15, 0.2) is 0 Å². The highest BCUT2D eigenvalue weighted by Gasteiger charge is 2.39. The number of ether oxygens (including phenoxy) is 1. The molecule has 2 amide bonds. The van der Waals surface area contributed by atoms with Crippen molar-refractivity contribution in [2.75, 3.05) is 25.1 Å². The first-order valence-corrected chi connectivity index (χ1v) is 10.4. The number of methoxy groups -OCH3 is 1. The second-order valence-corrected chi connectivity index (χ2v) is 8.00. The van der Waals surface area contributed by atoms with Gasteiger partial charge in [-0.1, -0.05) is 12.1 Å². The summed E-state index contributed by atoms with van der Waals surface area (Å²) in [5.41, 5.74) is 1.65. The second-order valence-electron chi connectivity index (χ2n) is 8.00. The van der Waals surface area contributed by atoms with Crippen molar-refractivity contribution in [3.8, 4) is 5.75 Å². The molecular formula is C23H21FN4O4. The maximum atomic E-state index is 13.6. The predicted molar refractivity (Wildman–Crippen MR) is 114 cm³/mol. The zero-order chi connectivity index (χ0) is 22.4. The van der Waals surface area contributed by atoms with E-state index in [1.54, 1.807) is 21.9 Å². The fourth-order valence-corrected chi connectivity index (χ4v) is 4.48. The number of benzene rings is 1. The quantitative estimate of drug-likeness (QED) is 0.625. The Labute approximate surface area is 182 Å². The lowest BCUT2D eigenvalue weighted by molar-refractivity contribution is -0.136. The number of carbonyl (C=O) groups is 2. The lowest BCUT2D eigenvalue weighted by Gasteiger charge is -2.30. The lowest BCUT2D eigenvalue weighted by Crippen LogP contribution is -2.43. The molecule has 9 heteroatoms. The van der Waals surface area contributed by atoms with Crippen molar-refractivity contribution in [2.24, 2.45) is 5.92 Å². The third-order valence-corrected chi connectivity index (χ3v) is 6.10. The van der Waals surface area contributed by atoms with E-state index < -0.39 is 11.7 Å². The summed E-state index contributed by atoms with van der Waals surface area (Å²) in [6, 6.07) is 9.92. The maximum absolute atomic E-state index is 13.6. The maximum Gasteiger partial charge on any atom is 0.263 e. The van der Waals surface area contributed by atoms with Gasteiger partial charge in [-0.3, -0.25) is 18.8 Å². The van der Waals surface area contributed by atoms with Gasteiger partial charge in [-0.2, -0.15) is 0 Å². The molecule has 4 heterocycles. The topological polar surface area (TPSA) is 84.2 Å². The van der Waals surface area contributed by atoms with Gasteiger partial charge in [0.1, 0.15) is 17.2 Å². The Morgan fingerprint density at radius 3 is 2.81 bits per heavy atom. The van der Waals surface area contributed by atoms with Gasteiger partial charge in [-0.05, 0) is 24.3 Å². The Hall–Kier alpha value is -3.75. The molecule has 8 nitrogen and oxygen atoms in total. The van der Waals surface area contributed by atoms with Crippen molar-refractivity contribution in [1.29, 1.82) is 0 Å². The standard InChI is InChI=1S/C23H21FN4O4/c1-32-19-5-3-2-4-18(19)27-11-14(10-21(27)29)22(30)26-9-8-17-16(13-26)23(31)28-12-15(24)6-7-20(28)25-17/h2-7,12,14H,8-11,13H2,1H3. The van der Waals surface area contributed by atoms with Crippen LogP contribution in [0, 0.1) is 11.7 Å². The Morgan fingerprint density at radius 2 is 2.00 bits per heavy atom. The molecule has 1 saturated heterocycles. The summed E-state index contributed by atoms with van der Waals surface area (Å²) in [6.07, 6.45) is 1.63. The van der Waals surface area contributed by atoms with Crippen LogP contribution in [-0.4, -0.2) is 46.3 Å². The van der Waals surface area contributed by atoms with E-state index in [1.807, 2.05) is 12.1 Å². The molecule has 164 valence electrons. The van der Waals surface area contributed by atoms with Gasteiger partial charge in [-0.15, -0.1) is 0 Å². The lowest BCUT2D eigenvalue weighted by atomic mass is 10.0. The number of amides is 2. The number of aromatic nitrogens is 2. The minimum atomic E-state index is -0.536. The van der Waals surface area contributed by atoms with Gasteiger partial charge in [0.05, 0.1) is 36.5 Å². The molecule has 0 spiro atoms. The minimum Gasteiger partial charge on any atom is -0.495 e. The van der Waals surface area contributed by atoms with Gasteiger partial charge in [0.25, 0.3) is 5.56 Å². The normalized spacial score (nSPS) is 18.2. The van der Waals surface area contributed by atoms with E-state index in [0.717, 1.165) is 6.20 Å². The van der Waals surface area contributed by atoms with E-state index in [-0.39, 0.29) is 36.9 Å². The second kappa shape index (κ2) is 7.74. The van der Waals surface area contributed by atoms with E-state index in [4.69, 9.17) is 4.74 Å². The van der Waals surface area contributed by atoms with Crippen LogP contribution in [0.4, 0.5) is 10.1 Å². The van der Waals surface area contributed by atoms with Crippen LogP contribution >= 0.6 is 0 Å². The minimum absolute atomic E-state index is 0.0960. The largest absolute Gasteiger partial charge is 0.495 e. The summed E-state index contributed by atoms with van der Waals surface area (Å²) in [4.78, 5) is 46.5. The fraction of sp³-hybridized carbons (Fsp3) is 0.304. The molecule has 32 heavy (non-hydrogen) atoms. The molecular weight excluding hydrogens is 415 g/mol. The van der Waals surface area contributed by atoms with Crippen LogP contribution in [0.3, 0.4) is 0 Å². The average Bonchev–Trinajstić information content (AvgIpc) is 3.20. The summed E-state index contributed by atoms with van der Waals surface area (Å²) >= 11 is 0. The molecule has 0 saturated carbocycles. The number of halogens is 1. The number of rotatable bonds is 3. The Kier molecular flexibility index (Phi) is 4.88. The summed E-state index contributed by atoms with van der Waals surface area (Å²) in [5, 5.41) is 0. The molecule has 1 unspecified atom stereocenters. The first-order chi connectivity index (χ1) is 15.5. The van der Waals surface area contributed by atoms with E-state index in [0.29, 0.717) is 41.3 Å². The number of carbonyl (C=O) groups excluding carboxylic acids is 2. The molecule has 2 aliphatic heterocycles. The highest BCUT2D eigenvalue weighted by Crippen LogP contribution is 2.33. The summed E-state index contributed by atoms with van der Waals surface area (Å²) in [5.74, 6) is -0.800. The van der Waals surface area contributed by atoms with Crippen LogP contribution in [0.2, 0.25) is 0 Å². The molecule has 3 aromatic rings. The number of fused-ring (bicyclic) bond motifs is 2. The number of nitrogens with zero attached hydrogens (tertiary/aromatic N) is 4. The van der Waals surface area contributed by atoms with Crippen LogP contribution in [-0.2, 0) is 22.6 Å². The highest BCUT2D eigenvalue weighted by molar-refractivity contribution is 6.01. The summed E-state index contributed by atoms with van der Waals surface area (Å²) in [7, 11) is 1.54. The summed E-state index contributed by atoms with van der Waals surface area (Å²) in [6.45, 7) is 0.759. The van der Waals surface area contributed by atoms with Crippen LogP contribution in [0.1, 0.15) is 17.7 Å². The molecule has 0 aliphatic carbocycles. The molecule has 1 atom stereocenters. The SMILES string of the molecule is COc1ccccc1N1CC(C(=O)N2CCc3nc4ccc(F)cn4c(=O)c3C2)CC1=O. The monoisotopic (exact) mass is 436 g/mol. The van der Waals surface area contributed by atoms with Gasteiger partial charge < -0.3 is 14.5 Å². The Morgan fingerprint density at radius 1 is 1.19 bits per heavy atom. The molecule has 0 radical (unpaired) electrons. The molecule has 0 bridgehead atoms. The van der Waals surface area contributed by atoms with Crippen LogP contribution in [0.15, 0.2) is 47.4 Å². The average molecular weight is 436 g/mol. The van der Waals surface area contributed by atoms with Gasteiger partial charge in [0, 0.05) is 32.1 Å². The van der Waals surface area contributed by atoms with Gasteiger partial charge >= 0.3 is 0 Å². The van der Waals surface area contributed by atoms with Crippen LogP contribution in [0.25, 0.3) is 5.65 Å². The van der Waals surface area contributed by atoms with Crippen molar-refractivity contribution < 1.29 is 18.7 Å². The summed E-state index contributed by atoms with van der Waals surface area (Å²) < 4.78 is 20.2. The van der Waals surface area contributed by atoms with E-state index in [2.05, 4.69) is 4.98 Å². The fourth-order valence-electron chi connectivity index (χ4n) is 4.48. The smallest absolute Gasteiger partial charge is 0.263 e. The number of hydrogen-bond acceptors (Lipinski definition) is 5. The molecule has 5 rings (SSSR count). The molecule has 2 aromatic heterocycles. The van der Waals surface area contributed by atoms with E-state index >= 15 is 0 Å². The van der Waals surface area contributed by atoms with Gasteiger partial charge in [0.2, 0.25) is 11.8 Å². The van der Waals surface area contributed by atoms with Crippen molar-refractivity contribution >= 4 is 23.1 Å². The van der Waals surface area contributed by atoms with E-state index in [9.17, 15) is 18.8 Å². The first-order valence-electron chi connectivity index (χ1n) is 10.4. The van der Waals surface area contributed by atoms with Crippen molar-refractivity contribution in [2.45, 2.75) is 19.4 Å². The molecule has 0 N–H and O–H groups in total. The number of para-hydroxylation sites is 2. The van der Waals surface area contributed by atoms with Crippen LogP contribution in [0.5, 0.6) is 5.75 Å². The third-order valence-electron chi connectivity index (χ3n) is 6.10. The zero-order valence-electron chi connectivity index (χ0n) is 17.5. The number of pyridine rings is 1. The predicted octanol–water partition coefficient (Wildman–Crippen LogP) is 1.78. The Balaban J connectivity index is 1.39. The van der Waals surface area contributed by atoms with Crippen molar-refractivity contribution in [3.63, 3.8) is 0 Å². The van der Waals surface area contributed by atoms with Crippen molar-refractivity contribution in [1.82, 2.24) is 14.3 Å². The third kappa shape index (κ3) is 3.30. The first kappa shape index (κ1) is 20.2. The van der Waals surface area contributed by atoms with Crippen molar-refractivity contribution in [3.05, 3.63) is 70.0 Å².